The summed E-state index contributed by atoms with van der Waals surface area (Å²) in [6.45, 7) is 6.15. The fourth-order valence-electron chi connectivity index (χ4n) is 1.89. The lowest BCUT2D eigenvalue weighted by molar-refractivity contribution is 0.167. The fraction of sp³-hybridized carbons (Fsp3) is 0.400. The highest BCUT2D eigenvalue weighted by Gasteiger charge is 2.39. The quantitative estimate of drug-likeness (QED) is 0.727. The van der Waals surface area contributed by atoms with Crippen LogP contribution in [0.25, 0.3) is 0 Å². The van der Waals surface area contributed by atoms with E-state index in [1.165, 1.54) is 4.90 Å². The van der Waals surface area contributed by atoms with E-state index in [-0.39, 0.29) is 0 Å². The molecule has 4 heteroatoms. The van der Waals surface area contributed by atoms with Gasteiger partial charge in [-0.15, -0.1) is 0 Å². The Labute approximate surface area is 113 Å². The van der Waals surface area contributed by atoms with E-state index in [9.17, 15) is 4.79 Å². The first-order chi connectivity index (χ1) is 8.95. The molecule has 1 heterocycles. The van der Waals surface area contributed by atoms with Crippen LogP contribution in [0, 0.1) is 18.9 Å². The van der Waals surface area contributed by atoms with E-state index < -0.39 is 11.6 Å². The Morgan fingerprint density at radius 3 is 2.74 bits per heavy atom. The van der Waals surface area contributed by atoms with Crippen LogP contribution in [0.15, 0.2) is 18.2 Å². The van der Waals surface area contributed by atoms with Crippen molar-refractivity contribution in [3.8, 4) is 17.7 Å². The van der Waals surface area contributed by atoms with Crippen LogP contribution >= 0.6 is 0 Å². The van der Waals surface area contributed by atoms with E-state index in [4.69, 9.17) is 9.47 Å². The summed E-state index contributed by atoms with van der Waals surface area (Å²) >= 11 is 0. The lowest BCUT2D eigenvalue weighted by atomic mass is 10.1. The number of cyclic esters (lactones) is 1. The first-order valence-electron chi connectivity index (χ1n) is 6.08. The average molecular weight is 259 g/mol. The van der Waals surface area contributed by atoms with Gasteiger partial charge in [-0.1, -0.05) is 12.1 Å². The van der Waals surface area contributed by atoms with Crippen molar-refractivity contribution in [2.75, 3.05) is 13.7 Å². The van der Waals surface area contributed by atoms with Gasteiger partial charge in [-0.25, -0.2) is 9.69 Å². The minimum atomic E-state index is -0.403. The molecule has 2 rings (SSSR count). The number of aryl methyl sites for hydroxylation is 1. The number of hydrogen-bond acceptors (Lipinski definition) is 3. The summed E-state index contributed by atoms with van der Waals surface area (Å²) in [5.41, 5.74) is 1.40. The van der Waals surface area contributed by atoms with E-state index in [2.05, 4.69) is 12.0 Å². The highest BCUT2D eigenvalue weighted by Crippen LogP contribution is 2.24. The van der Waals surface area contributed by atoms with Gasteiger partial charge in [-0.2, -0.15) is 0 Å². The van der Waals surface area contributed by atoms with Crippen LogP contribution in [0.1, 0.15) is 25.0 Å². The van der Waals surface area contributed by atoms with Gasteiger partial charge in [0.2, 0.25) is 0 Å². The molecule has 0 saturated carbocycles. The van der Waals surface area contributed by atoms with Crippen molar-refractivity contribution in [2.24, 2.45) is 0 Å². The summed E-state index contributed by atoms with van der Waals surface area (Å²) in [4.78, 5) is 13.0. The van der Waals surface area contributed by atoms with Gasteiger partial charge in [0.05, 0.1) is 18.2 Å². The van der Waals surface area contributed by atoms with Gasteiger partial charge in [0.15, 0.2) is 0 Å². The maximum absolute atomic E-state index is 11.6. The van der Waals surface area contributed by atoms with Gasteiger partial charge in [0.25, 0.3) is 0 Å². The number of hydrogen-bond donors (Lipinski definition) is 0. The fourth-order valence-corrected chi connectivity index (χ4v) is 1.89. The number of carbonyl (C=O) groups excluding carboxylic acids is 1. The summed E-state index contributed by atoms with van der Waals surface area (Å²) in [6.07, 6.45) is -0.398. The number of ether oxygens (including phenoxy) is 2. The lowest BCUT2D eigenvalue weighted by Crippen LogP contribution is -2.38. The van der Waals surface area contributed by atoms with E-state index >= 15 is 0 Å². The Balaban J connectivity index is 2.37. The second-order valence-corrected chi connectivity index (χ2v) is 5.09. The number of benzene rings is 1. The topological polar surface area (TPSA) is 38.8 Å². The molecule has 1 aliphatic heterocycles. The summed E-state index contributed by atoms with van der Waals surface area (Å²) in [5.74, 6) is 3.72. The first kappa shape index (κ1) is 13.3. The molecular formula is C15H17NO3. The summed E-state index contributed by atoms with van der Waals surface area (Å²) < 4.78 is 10.3. The largest absolute Gasteiger partial charge is 0.495 e. The SMILES string of the molecule is COc1cccc(C)c1C#CN1C(=O)OCC1(C)C. The Morgan fingerprint density at radius 1 is 1.42 bits per heavy atom. The van der Waals surface area contributed by atoms with Crippen molar-refractivity contribution in [2.45, 2.75) is 26.3 Å². The van der Waals surface area contributed by atoms with Gasteiger partial charge in [0.1, 0.15) is 12.4 Å². The second-order valence-electron chi connectivity index (χ2n) is 5.09. The van der Waals surface area contributed by atoms with Crippen molar-refractivity contribution in [3.05, 3.63) is 29.3 Å². The summed E-state index contributed by atoms with van der Waals surface area (Å²) in [5, 5.41) is 0. The molecule has 4 nitrogen and oxygen atoms in total. The summed E-state index contributed by atoms with van der Waals surface area (Å²) in [6, 6.07) is 8.60. The van der Waals surface area contributed by atoms with Gasteiger partial charge in [-0.3, -0.25) is 0 Å². The molecule has 0 unspecified atom stereocenters. The van der Waals surface area contributed by atoms with Crippen LogP contribution in [-0.2, 0) is 4.74 Å². The van der Waals surface area contributed by atoms with Crippen molar-refractivity contribution >= 4 is 6.09 Å². The van der Waals surface area contributed by atoms with Gasteiger partial charge in [0, 0.05) is 6.04 Å². The number of nitrogens with zero attached hydrogens (tertiary/aromatic N) is 1. The molecule has 0 aromatic heterocycles. The van der Waals surface area contributed by atoms with Crippen molar-refractivity contribution in [1.82, 2.24) is 4.90 Å². The second kappa shape index (κ2) is 4.85. The van der Waals surface area contributed by atoms with Crippen molar-refractivity contribution in [1.29, 1.82) is 0 Å². The first-order valence-corrected chi connectivity index (χ1v) is 6.08. The minimum absolute atomic E-state index is 0.353. The van der Waals surface area contributed by atoms with Gasteiger partial charge < -0.3 is 9.47 Å². The van der Waals surface area contributed by atoms with E-state index in [1.54, 1.807) is 7.11 Å². The van der Waals surface area contributed by atoms with E-state index in [0.717, 1.165) is 11.1 Å². The summed E-state index contributed by atoms with van der Waals surface area (Å²) in [7, 11) is 1.61. The highest BCUT2D eigenvalue weighted by atomic mass is 16.6. The molecule has 0 aliphatic carbocycles. The molecule has 19 heavy (non-hydrogen) atoms. The molecule has 1 aromatic rings. The van der Waals surface area contributed by atoms with Gasteiger partial charge in [-0.05, 0) is 38.3 Å². The zero-order valence-corrected chi connectivity index (χ0v) is 11.6. The highest BCUT2D eigenvalue weighted by molar-refractivity contribution is 5.73. The van der Waals surface area contributed by atoms with Crippen molar-refractivity contribution in [3.63, 3.8) is 0 Å². The number of rotatable bonds is 1. The van der Waals surface area contributed by atoms with Gasteiger partial charge >= 0.3 is 6.09 Å². The smallest absolute Gasteiger partial charge is 0.422 e. The molecule has 0 bridgehead atoms. The number of amides is 1. The lowest BCUT2D eigenvalue weighted by Gasteiger charge is -2.21. The standard InChI is InChI=1S/C15H17NO3/c1-11-6-5-7-13(18-4)12(11)8-9-16-14(17)19-10-15(16,2)3/h5-7H,10H2,1-4H3. The monoisotopic (exact) mass is 259 g/mol. The maximum atomic E-state index is 11.6. The van der Waals surface area contributed by atoms with E-state index in [0.29, 0.717) is 12.4 Å². The zero-order valence-electron chi connectivity index (χ0n) is 11.6. The molecule has 1 amide bonds. The van der Waals surface area contributed by atoms with Crippen LogP contribution in [0.4, 0.5) is 4.79 Å². The Kier molecular flexibility index (Phi) is 3.39. The molecule has 0 atom stereocenters. The third kappa shape index (κ3) is 2.50. The van der Waals surface area contributed by atoms with Crippen LogP contribution in [0.3, 0.4) is 0 Å². The minimum Gasteiger partial charge on any atom is -0.495 e. The molecule has 0 radical (unpaired) electrons. The van der Waals surface area contributed by atoms with Crippen LogP contribution in [-0.4, -0.2) is 30.2 Å². The predicted molar refractivity (Wildman–Crippen MR) is 71.9 cm³/mol. The third-order valence-electron chi connectivity index (χ3n) is 3.08. The molecule has 1 aromatic carbocycles. The van der Waals surface area contributed by atoms with Crippen LogP contribution in [0.2, 0.25) is 0 Å². The molecule has 1 saturated heterocycles. The van der Waals surface area contributed by atoms with Crippen molar-refractivity contribution < 1.29 is 14.3 Å². The van der Waals surface area contributed by atoms with Crippen LogP contribution in [0.5, 0.6) is 5.75 Å². The Bertz CT molecular complexity index is 566. The molecule has 100 valence electrons. The van der Waals surface area contributed by atoms with Crippen LogP contribution < -0.4 is 4.74 Å². The predicted octanol–water partition coefficient (Wildman–Crippen LogP) is 2.54. The number of carbonyl (C=O) groups is 1. The third-order valence-corrected chi connectivity index (χ3v) is 3.08. The molecule has 0 spiro atoms. The Morgan fingerprint density at radius 2 is 2.16 bits per heavy atom. The molecular weight excluding hydrogens is 242 g/mol. The average Bonchev–Trinajstić information content (AvgIpc) is 2.62. The van der Waals surface area contributed by atoms with E-state index in [1.807, 2.05) is 39.0 Å². The molecule has 1 fully saturated rings. The number of methoxy groups -OCH3 is 1. The molecule has 1 aliphatic rings. The normalized spacial score (nSPS) is 16.6. The molecule has 0 N–H and O–H groups in total. The Hall–Kier alpha value is -2.15. The zero-order chi connectivity index (χ0) is 14.0. The maximum Gasteiger partial charge on any atom is 0.422 e.